The molecule has 0 aromatic carbocycles. The van der Waals surface area contributed by atoms with E-state index in [-0.39, 0.29) is 6.42 Å². The van der Waals surface area contributed by atoms with Crippen LogP contribution in [0.25, 0.3) is 0 Å². The fourth-order valence-electron chi connectivity index (χ4n) is 2.18. The quantitative estimate of drug-likeness (QED) is 0.126. The Balaban J connectivity index is 5.09. The lowest BCUT2D eigenvalue weighted by molar-refractivity contribution is -0.143. The standard InChI is InChI=1S/C16H26N6O9/c1-6(13(27)22-9(16(30)31)5-11(19)24)20-15(29)8(4-10(18)23)21-14(28)7(17)2-3-12(25)26/h6-9H,2-5,17H2,1H3,(H2,18,23)(H2,19,24)(H,20,29)(H,21,28)(H,22,27)(H,25,26)(H,30,31). The number of hydrogen-bond acceptors (Lipinski definition) is 8. The van der Waals surface area contributed by atoms with Crippen LogP contribution in [-0.4, -0.2) is 75.9 Å². The van der Waals surface area contributed by atoms with E-state index in [1.165, 1.54) is 6.92 Å². The summed E-state index contributed by atoms with van der Waals surface area (Å²) in [7, 11) is 0. The maximum absolute atomic E-state index is 12.4. The van der Waals surface area contributed by atoms with Crippen LogP contribution in [0.1, 0.15) is 32.6 Å². The molecule has 0 aromatic rings. The first-order valence-corrected chi connectivity index (χ1v) is 8.92. The molecule has 0 saturated heterocycles. The number of carbonyl (C=O) groups is 7. The lowest BCUT2D eigenvalue weighted by Gasteiger charge is -2.22. The highest BCUT2D eigenvalue weighted by Gasteiger charge is 2.29. The minimum Gasteiger partial charge on any atom is -0.481 e. The molecule has 0 spiro atoms. The lowest BCUT2D eigenvalue weighted by atomic mass is 10.1. The first-order chi connectivity index (χ1) is 14.2. The first-order valence-electron chi connectivity index (χ1n) is 8.92. The van der Waals surface area contributed by atoms with Crippen LogP contribution in [0.2, 0.25) is 0 Å². The summed E-state index contributed by atoms with van der Waals surface area (Å²) in [5.74, 6) is -7.58. The average Bonchev–Trinajstić information content (AvgIpc) is 2.63. The van der Waals surface area contributed by atoms with Gasteiger partial charge in [0.05, 0.1) is 18.9 Å². The lowest BCUT2D eigenvalue weighted by Crippen LogP contribution is -2.57. The molecule has 4 unspecified atom stereocenters. The Bertz CT molecular complexity index is 741. The van der Waals surface area contributed by atoms with Crippen LogP contribution in [-0.2, 0) is 33.6 Å². The number of carbonyl (C=O) groups excluding carboxylic acids is 5. The molecule has 0 aliphatic rings. The van der Waals surface area contributed by atoms with Gasteiger partial charge in [0.25, 0.3) is 0 Å². The van der Waals surface area contributed by atoms with E-state index >= 15 is 0 Å². The van der Waals surface area contributed by atoms with E-state index in [2.05, 4.69) is 10.6 Å². The summed E-state index contributed by atoms with van der Waals surface area (Å²) in [5, 5.41) is 23.9. The second-order valence-corrected chi connectivity index (χ2v) is 6.57. The predicted octanol–water partition coefficient (Wildman–Crippen LogP) is -4.51. The van der Waals surface area contributed by atoms with E-state index in [0.717, 1.165) is 0 Å². The molecule has 0 aliphatic carbocycles. The SMILES string of the molecule is CC(NC(=O)C(CC(N)=O)NC(=O)C(N)CCC(=O)O)C(=O)NC(CC(N)=O)C(=O)O. The minimum absolute atomic E-state index is 0.235. The summed E-state index contributed by atoms with van der Waals surface area (Å²) >= 11 is 0. The smallest absolute Gasteiger partial charge is 0.326 e. The Morgan fingerprint density at radius 2 is 1.26 bits per heavy atom. The number of hydrogen-bond donors (Lipinski definition) is 8. The topological polar surface area (TPSA) is 274 Å². The van der Waals surface area contributed by atoms with Gasteiger partial charge in [-0.05, 0) is 13.3 Å². The highest BCUT2D eigenvalue weighted by Crippen LogP contribution is 2.00. The van der Waals surface area contributed by atoms with Gasteiger partial charge < -0.3 is 43.4 Å². The van der Waals surface area contributed by atoms with Gasteiger partial charge in [-0.1, -0.05) is 0 Å². The Labute approximate surface area is 176 Å². The largest absolute Gasteiger partial charge is 0.481 e. The zero-order valence-electron chi connectivity index (χ0n) is 16.6. The Morgan fingerprint density at radius 1 is 0.774 bits per heavy atom. The monoisotopic (exact) mass is 446 g/mol. The Kier molecular flexibility index (Phi) is 11.2. The van der Waals surface area contributed by atoms with E-state index in [1.807, 2.05) is 5.32 Å². The molecule has 15 nitrogen and oxygen atoms in total. The van der Waals surface area contributed by atoms with E-state index in [4.69, 9.17) is 27.4 Å². The summed E-state index contributed by atoms with van der Waals surface area (Å²) in [6, 6.07) is -5.78. The van der Waals surface area contributed by atoms with Gasteiger partial charge in [0, 0.05) is 6.42 Å². The van der Waals surface area contributed by atoms with E-state index in [9.17, 15) is 33.6 Å². The number of nitrogens with two attached hydrogens (primary N) is 3. The number of amides is 5. The average molecular weight is 446 g/mol. The molecule has 0 aromatic heterocycles. The van der Waals surface area contributed by atoms with Crippen LogP contribution in [0.15, 0.2) is 0 Å². The third-order valence-corrected chi connectivity index (χ3v) is 3.82. The van der Waals surface area contributed by atoms with Gasteiger partial charge in [0.2, 0.25) is 29.5 Å². The first kappa shape index (κ1) is 27.2. The number of aliphatic carboxylic acids is 2. The number of rotatable bonds is 14. The number of primary amides is 2. The van der Waals surface area contributed by atoms with Gasteiger partial charge in [-0.15, -0.1) is 0 Å². The molecule has 0 rings (SSSR count). The number of carboxylic acids is 2. The van der Waals surface area contributed by atoms with Crippen molar-refractivity contribution in [3.05, 3.63) is 0 Å². The summed E-state index contributed by atoms with van der Waals surface area (Å²) in [6.45, 7) is 1.18. The van der Waals surface area contributed by atoms with Gasteiger partial charge in [0.15, 0.2) is 0 Å². The van der Waals surface area contributed by atoms with Crippen LogP contribution >= 0.6 is 0 Å². The normalized spacial score (nSPS) is 14.3. The fraction of sp³-hybridized carbons (Fsp3) is 0.562. The molecule has 0 heterocycles. The molecular formula is C16H26N6O9. The second kappa shape index (κ2) is 12.7. The second-order valence-electron chi connectivity index (χ2n) is 6.57. The van der Waals surface area contributed by atoms with Crippen molar-refractivity contribution in [3.8, 4) is 0 Å². The number of carboxylic acid groups (broad SMARTS) is 2. The molecule has 0 fully saturated rings. The Hall–Kier alpha value is -3.75. The van der Waals surface area contributed by atoms with Crippen molar-refractivity contribution in [2.75, 3.05) is 0 Å². The highest BCUT2D eigenvalue weighted by molar-refractivity contribution is 5.96. The molecule has 31 heavy (non-hydrogen) atoms. The van der Waals surface area contributed by atoms with Gasteiger partial charge >= 0.3 is 11.9 Å². The van der Waals surface area contributed by atoms with Crippen molar-refractivity contribution in [1.82, 2.24) is 16.0 Å². The van der Waals surface area contributed by atoms with E-state index < -0.39 is 84.9 Å². The molecule has 0 aliphatic heterocycles. The molecule has 0 bridgehead atoms. The Morgan fingerprint density at radius 3 is 1.71 bits per heavy atom. The van der Waals surface area contributed by atoms with Crippen LogP contribution < -0.4 is 33.2 Å². The van der Waals surface area contributed by atoms with Gasteiger partial charge in [-0.2, -0.15) is 0 Å². The van der Waals surface area contributed by atoms with Crippen LogP contribution in [0.3, 0.4) is 0 Å². The third kappa shape index (κ3) is 11.1. The summed E-state index contributed by atoms with van der Waals surface area (Å²) in [4.78, 5) is 80.2. The van der Waals surface area contributed by atoms with Crippen LogP contribution in [0, 0.1) is 0 Å². The van der Waals surface area contributed by atoms with Crippen LogP contribution in [0.4, 0.5) is 0 Å². The number of nitrogens with one attached hydrogen (secondary N) is 3. The molecule has 174 valence electrons. The third-order valence-electron chi connectivity index (χ3n) is 3.82. The zero-order valence-corrected chi connectivity index (χ0v) is 16.6. The van der Waals surface area contributed by atoms with Crippen molar-refractivity contribution in [1.29, 1.82) is 0 Å². The summed E-state index contributed by atoms with van der Waals surface area (Å²) in [5.41, 5.74) is 15.5. The maximum atomic E-state index is 12.4. The van der Waals surface area contributed by atoms with Crippen molar-refractivity contribution >= 4 is 41.5 Å². The zero-order chi connectivity index (χ0) is 24.3. The molecule has 4 atom stereocenters. The fourth-order valence-corrected chi connectivity index (χ4v) is 2.18. The van der Waals surface area contributed by atoms with Crippen molar-refractivity contribution in [2.24, 2.45) is 17.2 Å². The highest BCUT2D eigenvalue weighted by atomic mass is 16.4. The maximum Gasteiger partial charge on any atom is 0.326 e. The molecule has 0 radical (unpaired) electrons. The van der Waals surface area contributed by atoms with Gasteiger partial charge in [0.1, 0.15) is 18.1 Å². The molecular weight excluding hydrogens is 420 g/mol. The van der Waals surface area contributed by atoms with Gasteiger partial charge in [-0.3, -0.25) is 28.8 Å². The van der Waals surface area contributed by atoms with Crippen molar-refractivity contribution in [3.63, 3.8) is 0 Å². The molecule has 0 saturated carbocycles. The van der Waals surface area contributed by atoms with Crippen LogP contribution in [0.5, 0.6) is 0 Å². The minimum atomic E-state index is -1.63. The van der Waals surface area contributed by atoms with Crippen molar-refractivity contribution in [2.45, 2.75) is 56.8 Å². The van der Waals surface area contributed by atoms with Gasteiger partial charge in [-0.25, -0.2) is 4.79 Å². The summed E-state index contributed by atoms with van der Waals surface area (Å²) < 4.78 is 0. The van der Waals surface area contributed by atoms with E-state index in [1.54, 1.807) is 0 Å². The predicted molar refractivity (Wildman–Crippen MR) is 102 cm³/mol. The molecule has 5 amide bonds. The van der Waals surface area contributed by atoms with E-state index in [0.29, 0.717) is 0 Å². The summed E-state index contributed by atoms with van der Waals surface area (Å²) in [6.07, 6.45) is -1.98. The van der Waals surface area contributed by atoms with Crippen molar-refractivity contribution < 1.29 is 43.8 Å². The molecule has 15 heteroatoms. The molecule has 11 N–H and O–H groups in total.